The summed E-state index contributed by atoms with van der Waals surface area (Å²) >= 11 is 3.63. The van der Waals surface area contributed by atoms with Gasteiger partial charge in [-0.3, -0.25) is 0 Å². The lowest BCUT2D eigenvalue weighted by atomic mass is 10.1. The second-order valence-electron chi connectivity index (χ2n) is 4.56. The van der Waals surface area contributed by atoms with E-state index in [0.29, 0.717) is 6.04 Å². The smallest absolute Gasteiger partial charge is 0.0926 e. The molecule has 98 valence electrons. The van der Waals surface area contributed by atoms with E-state index >= 15 is 0 Å². The van der Waals surface area contributed by atoms with Crippen LogP contribution in [0, 0.1) is 13.8 Å². The number of aryl methyl sites for hydroxylation is 3. The molecule has 2 heterocycles. The van der Waals surface area contributed by atoms with Crippen molar-refractivity contribution >= 4 is 22.7 Å². The monoisotopic (exact) mass is 280 g/mol. The molecule has 18 heavy (non-hydrogen) atoms. The molecule has 0 radical (unpaired) electrons. The molecular formula is C14H20N2S2. The highest BCUT2D eigenvalue weighted by molar-refractivity contribution is 7.12. The number of hydrogen-bond acceptors (Lipinski definition) is 4. The molecule has 0 saturated heterocycles. The van der Waals surface area contributed by atoms with Crippen LogP contribution in [0.25, 0.3) is 0 Å². The van der Waals surface area contributed by atoms with Gasteiger partial charge in [0.2, 0.25) is 0 Å². The van der Waals surface area contributed by atoms with Crippen LogP contribution in [-0.2, 0) is 13.0 Å². The van der Waals surface area contributed by atoms with Gasteiger partial charge in [-0.15, -0.1) is 22.7 Å². The third-order valence-electron chi connectivity index (χ3n) is 3.04. The van der Waals surface area contributed by atoms with Crippen molar-refractivity contribution < 1.29 is 0 Å². The number of thiazole rings is 1. The molecule has 0 aliphatic rings. The summed E-state index contributed by atoms with van der Waals surface area (Å²) in [6.45, 7) is 9.59. The number of nitrogens with zero attached hydrogens (tertiary/aromatic N) is 1. The first-order valence-corrected chi connectivity index (χ1v) is 8.03. The quantitative estimate of drug-likeness (QED) is 0.886. The van der Waals surface area contributed by atoms with Crippen LogP contribution in [0.1, 0.15) is 45.9 Å². The van der Waals surface area contributed by atoms with Gasteiger partial charge >= 0.3 is 0 Å². The van der Waals surface area contributed by atoms with Crippen molar-refractivity contribution in [1.29, 1.82) is 0 Å². The first kappa shape index (κ1) is 13.7. The molecule has 0 aliphatic carbocycles. The first-order chi connectivity index (χ1) is 8.60. The predicted octanol–water partition coefficient (Wildman–Crippen LogP) is 4.23. The van der Waals surface area contributed by atoms with Crippen molar-refractivity contribution in [3.63, 3.8) is 0 Å². The molecule has 1 N–H and O–H groups in total. The summed E-state index contributed by atoms with van der Waals surface area (Å²) in [4.78, 5) is 7.38. The van der Waals surface area contributed by atoms with Gasteiger partial charge in [0.05, 0.1) is 10.7 Å². The van der Waals surface area contributed by atoms with E-state index in [4.69, 9.17) is 0 Å². The molecule has 2 nitrogen and oxygen atoms in total. The summed E-state index contributed by atoms with van der Waals surface area (Å²) in [6.07, 6.45) is 1.03. The summed E-state index contributed by atoms with van der Waals surface area (Å²) in [6, 6.07) is 2.68. The van der Waals surface area contributed by atoms with Crippen LogP contribution in [0.3, 0.4) is 0 Å². The van der Waals surface area contributed by atoms with Gasteiger partial charge in [0, 0.05) is 27.7 Å². The molecule has 0 saturated carbocycles. The molecule has 0 spiro atoms. The molecule has 0 aliphatic heterocycles. The maximum atomic E-state index is 4.58. The normalized spacial score (nSPS) is 12.9. The van der Waals surface area contributed by atoms with Gasteiger partial charge in [-0.2, -0.15) is 0 Å². The van der Waals surface area contributed by atoms with E-state index in [-0.39, 0.29) is 0 Å². The van der Waals surface area contributed by atoms with Crippen molar-refractivity contribution in [3.05, 3.63) is 37.5 Å². The first-order valence-electron chi connectivity index (χ1n) is 6.33. The lowest BCUT2D eigenvalue weighted by Crippen LogP contribution is -2.18. The van der Waals surface area contributed by atoms with Crippen molar-refractivity contribution in [2.45, 2.75) is 46.7 Å². The van der Waals surface area contributed by atoms with Gasteiger partial charge in [-0.25, -0.2) is 4.98 Å². The van der Waals surface area contributed by atoms with Crippen LogP contribution in [-0.4, -0.2) is 4.98 Å². The van der Waals surface area contributed by atoms with E-state index in [1.807, 2.05) is 11.3 Å². The Balaban J connectivity index is 1.95. The second kappa shape index (κ2) is 5.95. The van der Waals surface area contributed by atoms with Crippen LogP contribution >= 0.6 is 22.7 Å². The lowest BCUT2D eigenvalue weighted by Gasteiger charge is -2.12. The highest BCUT2D eigenvalue weighted by Crippen LogP contribution is 2.26. The van der Waals surface area contributed by atoms with Crippen molar-refractivity contribution in [2.75, 3.05) is 0 Å². The Morgan fingerprint density at radius 2 is 2.17 bits per heavy atom. The second-order valence-corrected chi connectivity index (χ2v) is 6.96. The Morgan fingerprint density at radius 1 is 1.39 bits per heavy atom. The maximum Gasteiger partial charge on any atom is 0.0926 e. The fraction of sp³-hybridized carbons (Fsp3) is 0.500. The summed E-state index contributed by atoms with van der Waals surface area (Å²) in [5.74, 6) is 0. The molecule has 2 aromatic rings. The molecule has 2 aromatic heterocycles. The number of nitrogens with one attached hydrogen (secondary N) is 1. The van der Waals surface area contributed by atoms with Crippen molar-refractivity contribution in [1.82, 2.24) is 10.3 Å². The SMILES string of the molecule is CCc1nc(CNC(C)c2cc(C)sc2C)cs1. The number of thiophene rings is 1. The molecule has 4 heteroatoms. The minimum absolute atomic E-state index is 0.390. The van der Waals surface area contributed by atoms with Crippen LogP contribution in [0.4, 0.5) is 0 Å². The summed E-state index contributed by atoms with van der Waals surface area (Å²) in [5.41, 5.74) is 2.58. The van der Waals surface area contributed by atoms with Crippen molar-refractivity contribution in [3.8, 4) is 0 Å². The van der Waals surface area contributed by atoms with E-state index in [0.717, 1.165) is 18.7 Å². The molecule has 0 fully saturated rings. The van der Waals surface area contributed by atoms with Gasteiger partial charge in [0.1, 0.15) is 0 Å². The van der Waals surface area contributed by atoms with Gasteiger partial charge in [-0.1, -0.05) is 6.92 Å². The van der Waals surface area contributed by atoms with E-state index in [1.165, 1.54) is 20.3 Å². The van der Waals surface area contributed by atoms with E-state index in [1.54, 1.807) is 11.3 Å². The van der Waals surface area contributed by atoms with Crippen LogP contribution < -0.4 is 5.32 Å². The third-order valence-corrected chi connectivity index (χ3v) is 5.06. The Labute approximate surface area is 117 Å². The van der Waals surface area contributed by atoms with Gasteiger partial charge in [0.25, 0.3) is 0 Å². The van der Waals surface area contributed by atoms with Crippen LogP contribution in [0.5, 0.6) is 0 Å². The molecule has 2 rings (SSSR count). The molecule has 0 bridgehead atoms. The fourth-order valence-corrected chi connectivity index (χ4v) is 3.81. The fourth-order valence-electron chi connectivity index (χ4n) is 2.04. The summed E-state index contributed by atoms with van der Waals surface area (Å²) < 4.78 is 0. The average Bonchev–Trinajstić information content (AvgIpc) is 2.92. The molecule has 0 aromatic carbocycles. The molecule has 1 unspecified atom stereocenters. The zero-order chi connectivity index (χ0) is 13.1. The number of aromatic nitrogens is 1. The summed E-state index contributed by atoms with van der Waals surface area (Å²) in [7, 11) is 0. The largest absolute Gasteiger partial charge is 0.304 e. The Morgan fingerprint density at radius 3 is 2.72 bits per heavy atom. The van der Waals surface area contributed by atoms with Gasteiger partial charge in [0.15, 0.2) is 0 Å². The Bertz CT molecular complexity index is 514. The van der Waals surface area contributed by atoms with Crippen LogP contribution in [0.2, 0.25) is 0 Å². The molecular weight excluding hydrogens is 260 g/mol. The van der Waals surface area contributed by atoms with E-state index in [9.17, 15) is 0 Å². The highest BCUT2D eigenvalue weighted by Gasteiger charge is 2.11. The molecule has 0 amide bonds. The zero-order valence-electron chi connectivity index (χ0n) is 11.4. The topological polar surface area (TPSA) is 24.9 Å². The number of rotatable bonds is 5. The average molecular weight is 280 g/mol. The predicted molar refractivity (Wildman–Crippen MR) is 80.5 cm³/mol. The van der Waals surface area contributed by atoms with Crippen molar-refractivity contribution in [2.24, 2.45) is 0 Å². The molecule has 1 atom stereocenters. The lowest BCUT2D eigenvalue weighted by molar-refractivity contribution is 0.568. The minimum Gasteiger partial charge on any atom is -0.304 e. The van der Waals surface area contributed by atoms with Gasteiger partial charge < -0.3 is 5.32 Å². The minimum atomic E-state index is 0.390. The van der Waals surface area contributed by atoms with E-state index < -0.39 is 0 Å². The number of hydrogen-bond donors (Lipinski definition) is 1. The Kier molecular flexibility index (Phi) is 4.54. The maximum absolute atomic E-state index is 4.58. The Hall–Kier alpha value is -0.710. The van der Waals surface area contributed by atoms with E-state index in [2.05, 4.69) is 49.4 Å². The van der Waals surface area contributed by atoms with Gasteiger partial charge in [-0.05, 0) is 38.8 Å². The highest BCUT2D eigenvalue weighted by atomic mass is 32.1. The standard InChI is InChI=1S/C14H20N2S2/c1-5-14-16-12(8-17-14)7-15-10(3)13-6-9(2)18-11(13)4/h6,8,10,15H,5,7H2,1-4H3. The van der Waals surface area contributed by atoms with Crippen LogP contribution in [0.15, 0.2) is 11.4 Å². The zero-order valence-corrected chi connectivity index (χ0v) is 13.0. The summed E-state index contributed by atoms with van der Waals surface area (Å²) in [5, 5.41) is 6.94. The third kappa shape index (κ3) is 3.19.